The molecule has 0 radical (unpaired) electrons. The number of thiophene rings is 1. The van der Waals surface area contributed by atoms with Crippen LogP contribution in [0.2, 0.25) is 0 Å². The van der Waals surface area contributed by atoms with Gasteiger partial charge in [0.05, 0.1) is 5.52 Å². The van der Waals surface area contributed by atoms with Crippen LogP contribution in [0.5, 0.6) is 0 Å². The Bertz CT molecular complexity index is 3770. The van der Waals surface area contributed by atoms with E-state index in [1.807, 2.05) is 11.3 Å². The number of hydrogen-bond donors (Lipinski definition) is 0. The van der Waals surface area contributed by atoms with Crippen LogP contribution in [0.1, 0.15) is 17.7 Å². The topological polar surface area (TPSA) is 8.17 Å². The van der Waals surface area contributed by atoms with E-state index in [1.165, 1.54) is 102 Å². The minimum absolute atomic E-state index is 1.03. The molecule has 0 amide bonds. The Morgan fingerprint density at radius 3 is 1.93 bits per heavy atom. The predicted molar refractivity (Wildman–Crippen MR) is 264 cm³/mol. The Morgan fingerprint density at radius 1 is 0.426 bits per heavy atom. The summed E-state index contributed by atoms with van der Waals surface area (Å²) in [4.78, 5) is 2.44. The van der Waals surface area contributed by atoms with Gasteiger partial charge in [0, 0.05) is 59.6 Å². The summed E-state index contributed by atoms with van der Waals surface area (Å²) in [6.45, 7) is 0. The zero-order valence-electron chi connectivity index (χ0n) is 33.3. The SMILES string of the molecule is C1=Cc2c(n(-c3cccc(-c4ccc(N(c5ccc6sc7ccccc7c6c5)c5ccc6ccc7ccc8ccccc8c7c6c5)cc4)c3)c3cc4ccccc4cc23)CC1. The van der Waals surface area contributed by atoms with Gasteiger partial charge in [0.15, 0.2) is 0 Å². The standard InChI is InChI=1S/C58H38N2S/c1-2-12-43-34-55-52(33-42(43)11-1)49-16-5-7-18-54(49)60(55)45-14-9-13-41(32-45)37-24-27-44(28-25-37)59(47-30-31-57-53(36-47)50-17-6-8-19-56(50)61-57)46-29-26-39-21-23-40-22-20-38-10-3-4-15-48(38)58(40)51(39)35-46/h1-6,8-17,19-36H,7,18H2. The molecule has 0 spiro atoms. The van der Waals surface area contributed by atoms with Crippen LogP contribution in [0, 0.1) is 0 Å². The third kappa shape index (κ3) is 5.48. The summed E-state index contributed by atoms with van der Waals surface area (Å²) in [7, 11) is 0. The van der Waals surface area contributed by atoms with Gasteiger partial charge >= 0.3 is 0 Å². The molecule has 0 N–H and O–H groups in total. The Balaban J connectivity index is 0.960. The van der Waals surface area contributed by atoms with Crippen LogP contribution in [0.15, 0.2) is 200 Å². The van der Waals surface area contributed by atoms with Gasteiger partial charge in [0.25, 0.3) is 0 Å². The molecule has 0 aliphatic heterocycles. The summed E-state index contributed by atoms with van der Waals surface area (Å²) in [6, 6.07) is 72.3. The second-order valence-electron chi connectivity index (χ2n) is 16.4. The van der Waals surface area contributed by atoms with E-state index in [9.17, 15) is 0 Å². The highest BCUT2D eigenvalue weighted by atomic mass is 32.1. The van der Waals surface area contributed by atoms with Crippen LogP contribution in [0.25, 0.3) is 97.1 Å². The van der Waals surface area contributed by atoms with Gasteiger partial charge in [-0.15, -0.1) is 11.3 Å². The number of rotatable bonds is 5. The first-order valence-electron chi connectivity index (χ1n) is 21.2. The molecule has 0 saturated heterocycles. The molecule has 0 atom stereocenters. The van der Waals surface area contributed by atoms with E-state index in [0.717, 1.165) is 29.9 Å². The molecule has 1 aliphatic rings. The Kier molecular flexibility index (Phi) is 7.64. The van der Waals surface area contributed by atoms with E-state index in [-0.39, 0.29) is 0 Å². The maximum absolute atomic E-state index is 2.51. The molecule has 0 bridgehead atoms. The lowest BCUT2D eigenvalue weighted by atomic mass is 9.96. The molecule has 0 fully saturated rings. The van der Waals surface area contributed by atoms with Crippen molar-refractivity contribution < 1.29 is 0 Å². The maximum atomic E-state index is 2.51. The van der Waals surface area contributed by atoms with Crippen molar-refractivity contribution in [3.05, 3.63) is 211 Å². The molecule has 2 heterocycles. The minimum atomic E-state index is 1.03. The first-order chi connectivity index (χ1) is 30.2. The number of allylic oxidation sites excluding steroid dienone is 1. The van der Waals surface area contributed by atoms with Crippen molar-refractivity contribution in [3.63, 3.8) is 0 Å². The zero-order valence-corrected chi connectivity index (χ0v) is 34.2. The van der Waals surface area contributed by atoms with E-state index in [4.69, 9.17) is 0 Å². The molecular formula is C58H38N2S. The number of hydrogen-bond acceptors (Lipinski definition) is 2. The smallest absolute Gasteiger partial charge is 0.0544 e. The van der Waals surface area contributed by atoms with Crippen LogP contribution < -0.4 is 4.90 Å². The van der Waals surface area contributed by atoms with Crippen molar-refractivity contribution in [1.29, 1.82) is 0 Å². The highest BCUT2D eigenvalue weighted by molar-refractivity contribution is 7.25. The molecular weight excluding hydrogens is 757 g/mol. The number of fused-ring (bicyclic) bond motifs is 12. The quantitative estimate of drug-likeness (QED) is 0.158. The zero-order chi connectivity index (χ0) is 40.0. The van der Waals surface area contributed by atoms with Gasteiger partial charge in [-0.25, -0.2) is 0 Å². The number of benzene rings is 10. The lowest BCUT2D eigenvalue weighted by Gasteiger charge is -2.26. The number of anilines is 3. The van der Waals surface area contributed by atoms with Gasteiger partial charge in [-0.1, -0.05) is 133 Å². The Morgan fingerprint density at radius 2 is 1.08 bits per heavy atom. The predicted octanol–water partition coefficient (Wildman–Crippen LogP) is 16.7. The summed E-state index contributed by atoms with van der Waals surface area (Å²) in [5.74, 6) is 0. The average Bonchev–Trinajstić information content (AvgIpc) is 3.86. The largest absolute Gasteiger partial charge is 0.313 e. The maximum Gasteiger partial charge on any atom is 0.0544 e. The fourth-order valence-electron chi connectivity index (χ4n) is 10.1. The van der Waals surface area contributed by atoms with Gasteiger partial charge in [-0.3, -0.25) is 0 Å². The molecule has 3 heteroatoms. The summed E-state index contributed by atoms with van der Waals surface area (Å²) in [6.07, 6.45) is 6.74. The fraction of sp³-hybridized carbons (Fsp3) is 0.0345. The van der Waals surface area contributed by atoms with E-state index < -0.39 is 0 Å². The molecule has 13 rings (SSSR count). The van der Waals surface area contributed by atoms with Gasteiger partial charge in [-0.05, 0) is 140 Å². The van der Waals surface area contributed by atoms with Crippen LogP contribution in [0.3, 0.4) is 0 Å². The number of aromatic nitrogens is 1. The van der Waals surface area contributed by atoms with Crippen LogP contribution in [0.4, 0.5) is 17.1 Å². The van der Waals surface area contributed by atoms with Crippen molar-refractivity contribution in [1.82, 2.24) is 4.57 Å². The summed E-state index contributed by atoms with van der Waals surface area (Å²) in [5.41, 5.74) is 11.0. The molecule has 0 saturated carbocycles. The average molecular weight is 795 g/mol. The van der Waals surface area contributed by atoms with Gasteiger partial charge in [0.1, 0.15) is 0 Å². The van der Waals surface area contributed by atoms with E-state index >= 15 is 0 Å². The summed E-state index contributed by atoms with van der Waals surface area (Å²) >= 11 is 1.86. The van der Waals surface area contributed by atoms with Crippen LogP contribution in [-0.2, 0) is 6.42 Å². The first kappa shape index (κ1) is 34.4. The first-order valence-corrected chi connectivity index (χ1v) is 22.0. The summed E-state index contributed by atoms with van der Waals surface area (Å²) < 4.78 is 5.13. The second-order valence-corrected chi connectivity index (χ2v) is 17.5. The minimum Gasteiger partial charge on any atom is -0.313 e. The molecule has 61 heavy (non-hydrogen) atoms. The van der Waals surface area contributed by atoms with Crippen molar-refractivity contribution in [2.24, 2.45) is 0 Å². The molecule has 0 unspecified atom stereocenters. The third-order valence-corrected chi connectivity index (χ3v) is 14.1. The summed E-state index contributed by atoms with van der Waals surface area (Å²) in [5, 5.41) is 14.1. The molecule has 10 aromatic carbocycles. The van der Waals surface area contributed by atoms with Crippen molar-refractivity contribution in [2.45, 2.75) is 12.8 Å². The Hall–Kier alpha value is -7.46. The van der Waals surface area contributed by atoms with Crippen LogP contribution in [-0.4, -0.2) is 4.57 Å². The second kappa shape index (κ2) is 13.5. The van der Waals surface area contributed by atoms with E-state index in [2.05, 4.69) is 216 Å². The van der Waals surface area contributed by atoms with Crippen LogP contribution >= 0.6 is 11.3 Å². The van der Waals surface area contributed by atoms with Gasteiger partial charge in [0.2, 0.25) is 0 Å². The monoisotopic (exact) mass is 794 g/mol. The van der Waals surface area contributed by atoms with Crippen molar-refractivity contribution in [2.75, 3.05) is 4.90 Å². The van der Waals surface area contributed by atoms with Gasteiger partial charge in [-0.2, -0.15) is 0 Å². The van der Waals surface area contributed by atoms with Crippen molar-refractivity contribution >= 4 is 109 Å². The highest BCUT2D eigenvalue weighted by Gasteiger charge is 2.21. The van der Waals surface area contributed by atoms with Crippen molar-refractivity contribution in [3.8, 4) is 16.8 Å². The van der Waals surface area contributed by atoms with E-state index in [1.54, 1.807) is 0 Å². The fourth-order valence-corrected chi connectivity index (χ4v) is 11.2. The van der Waals surface area contributed by atoms with E-state index in [0.29, 0.717) is 0 Å². The lowest BCUT2D eigenvalue weighted by molar-refractivity contribution is 0.889. The molecule has 12 aromatic rings. The Labute approximate surface area is 357 Å². The molecule has 286 valence electrons. The van der Waals surface area contributed by atoms with Gasteiger partial charge < -0.3 is 9.47 Å². The third-order valence-electron chi connectivity index (χ3n) is 13.0. The normalized spacial score (nSPS) is 12.7. The molecule has 2 aromatic heterocycles. The number of nitrogens with zero attached hydrogens (tertiary/aromatic N) is 2. The highest BCUT2D eigenvalue weighted by Crippen LogP contribution is 2.44. The molecule has 1 aliphatic carbocycles. The molecule has 2 nitrogen and oxygen atoms in total. The lowest BCUT2D eigenvalue weighted by Crippen LogP contribution is -2.09.